The number of piperidine rings is 1. The zero-order chi connectivity index (χ0) is 15.4. The molecule has 0 radical (unpaired) electrons. The third-order valence-corrected chi connectivity index (χ3v) is 6.72. The topological polar surface area (TPSA) is 20.3 Å². The molecule has 0 aromatic carbocycles. The maximum atomic E-state index is 13.5. The van der Waals surface area contributed by atoms with Crippen LogP contribution in [0.3, 0.4) is 0 Å². The highest BCUT2D eigenvalue weighted by Crippen LogP contribution is 2.54. The molecule has 2 saturated carbocycles. The van der Waals surface area contributed by atoms with Gasteiger partial charge >= 0.3 is 0 Å². The molecule has 0 spiro atoms. The van der Waals surface area contributed by atoms with E-state index in [1.165, 1.54) is 70.6 Å². The van der Waals surface area contributed by atoms with Gasteiger partial charge < -0.3 is 4.90 Å². The first-order valence-corrected chi connectivity index (χ1v) is 9.69. The van der Waals surface area contributed by atoms with E-state index < -0.39 is 0 Å². The number of carbonyl (C=O) groups is 1. The monoisotopic (exact) mass is 303 g/mol. The van der Waals surface area contributed by atoms with Gasteiger partial charge in [-0.3, -0.25) is 4.79 Å². The fourth-order valence-electron chi connectivity index (χ4n) is 5.72. The Hall–Kier alpha value is -0.790. The molecule has 1 amide bonds. The van der Waals surface area contributed by atoms with E-state index in [1.807, 2.05) is 6.08 Å². The summed E-state index contributed by atoms with van der Waals surface area (Å²) in [5, 5.41) is 0. The summed E-state index contributed by atoms with van der Waals surface area (Å²) in [5.74, 6) is 1.81. The van der Waals surface area contributed by atoms with Crippen molar-refractivity contribution in [3.8, 4) is 0 Å². The predicted molar refractivity (Wildman–Crippen MR) is 91.6 cm³/mol. The van der Waals surface area contributed by atoms with Crippen LogP contribution < -0.4 is 0 Å². The van der Waals surface area contributed by atoms with E-state index in [0.29, 0.717) is 17.7 Å². The highest BCUT2D eigenvalue weighted by molar-refractivity contribution is 5.84. The Morgan fingerprint density at radius 1 is 0.955 bits per heavy atom. The molecule has 2 aliphatic carbocycles. The van der Waals surface area contributed by atoms with Crippen LogP contribution in [0.2, 0.25) is 0 Å². The maximum Gasteiger partial charge on any atom is 0.229 e. The number of likely N-dealkylation sites (tertiary alicyclic amines) is 1. The summed E-state index contributed by atoms with van der Waals surface area (Å²) >= 11 is 0. The second-order valence-electron chi connectivity index (χ2n) is 7.85. The Morgan fingerprint density at radius 3 is 2.00 bits per heavy atom. The van der Waals surface area contributed by atoms with Crippen molar-refractivity contribution in [2.75, 3.05) is 13.1 Å². The molecular formula is C20H33NO. The minimum Gasteiger partial charge on any atom is -0.338 e. The highest BCUT2D eigenvalue weighted by atomic mass is 16.2. The average molecular weight is 303 g/mol. The molecule has 0 N–H and O–H groups in total. The lowest BCUT2D eigenvalue weighted by molar-refractivity contribution is -0.158. The van der Waals surface area contributed by atoms with Crippen molar-refractivity contribution in [3.05, 3.63) is 12.7 Å². The van der Waals surface area contributed by atoms with Crippen LogP contribution in [0.25, 0.3) is 0 Å². The van der Waals surface area contributed by atoms with Crippen LogP contribution in [-0.2, 0) is 4.79 Å². The minimum atomic E-state index is -0.0118. The fourth-order valence-corrected chi connectivity index (χ4v) is 5.72. The summed E-state index contributed by atoms with van der Waals surface area (Å²) < 4.78 is 0. The van der Waals surface area contributed by atoms with Crippen LogP contribution in [0.15, 0.2) is 12.7 Å². The summed E-state index contributed by atoms with van der Waals surface area (Å²) in [6, 6.07) is 0. The lowest BCUT2D eigenvalue weighted by Gasteiger charge is -2.52. The molecule has 0 atom stereocenters. The van der Waals surface area contributed by atoms with E-state index in [2.05, 4.69) is 11.5 Å². The van der Waals surface area contributed by atoms with Crippen LogP contribution in [0.4, 0.5) is 0 Å². The van der Waals surface area contributed by atoms with Crippen molar-refractivity contribution < 1.29 is 4.79 Å². The molecule has 1 aliphatic heterocycles. The smallest absolute Gasteiger partial charge is 0.229 e. The molecule has 2 heteroatoms. The van der Waals surface area contributed by atoms with E-state index in [4.69, 9.17) is 0 Å². The van der Waals surface area contributed by atoms with Crippen molar-refractivity contribution >= 4 is 5.91 Å². The number of nitrogens with zero attached hydrogens (tertiary/aromatic N) is 1. The van der Waals surface area contributed by atoms with Gasteiger partial charge in [0.2, 0.25) is 5.91 Å². The SMILES string of the molecule is C=CCN1CCCC(C2CCCCC2)(C2CCCCC2)C1=O. The number of amides is 1. The first kappa shape index (κ1) is 16.1. The summed E-state index contributed by atoms with van der Waals surface area (Å²) in [7, 11) is 0. The first-order valence-electron chi connectivity index (χ1n) is 9.69. The molecule has 3 aliphatic rings. The molecular weight excluding hydrogens is 270 g/mol. The first-order chi connectivity index (χ1) is 10.8. The van der Waals surface area contributed by atoms with Crippen molar-refractivity contribution in [2.24, 2.45) is 17.3 Å². The summed E-state index contributed by atoms with van der Waals surface area (Å²) in [6.07, 6.45) is 17.6. The zero-order valence-electron chi connectivity index (χ0n) is 14.2. The van der Waals surface area contributed by atoms with Gasteiger partial charge in [0.05, 0.1) is 5.41 Å². The quantitative estimate of drug-likeness (QED) is 0.673. The zero-order valence-corrected chi connectivity index (χ0v) is 14.2. The van der Waals surface area contributed by atoms with Gasteiger partial charge in [-0.1, -0.05) is 44.6 Å². The van der Waals surface area contributed by atoms with Gasteiger partial charge in [-0.15, -0.1) is 6.58 Å². The Labute approximate surface area is 136 Å². The van der Waals surface area contributed by atoms with Crippen LogP contribution in [0.1, 0.15) is 77.0 Å². The Bertz CT molecular complexity index is 373. The molecule has 0 aromatic heterocycles. The van der Waals surface area contributed by atoms with Crippen molar-refractivity contribution in [2.45, 2.75) is 77.0 Å². The third kappa shape index (κ3) is 2.86. The molecule has 3 fully saturated rings. The molecule has 0 unspecified atom stereocenters. The normalized spacial score (nSPS) is 27.8. The lowest BCUT2D eigenvalue weighted by Crippen LogP contribution is -2.56. The summed E-state index contributed by atoms with van der Waals surface area (Å²) in [5.41, 5.74) is -0.0118. The van der Waals surface area contributed by atoms with E-state index >= 15 is 0 Å². The molecule has 0 bridgehead atoms. The van der Waals surface area contributed by atoms with Crippen molar-refractivity contribution in [1.82, 2.24) is 4.90 Å². The minimum absolute atomic E-state index is 0.0118. The van der Waals surface area contributed by atoms with E-state index in [0.717, 1.165) is 19.5 Å². The predicted octanol–water partition coefficient (Wildman–Crippen LogP) is 4.94. The van der Waals surface area contributed by atoms with Crippen LogP contribution in [0, 0.1) is 17.3 Å². The molecule has 2 nitrogen and oxygen atoms in total. The van der Waals surface area contributed by atoms with Crippen LogP contribution in [-0.4, -0.2) is 23.9 Å². The molecule has 22 heavy (non-hydrogen) atoms. The van der Waals surface area contributed by atoms with Gasteiger partial charge in [0.1, 0.15) is 0 Å². The largest absolute Gasteiger partial charge is 0.338 e. The van der Waals surface area contributed by atoms with Gasteiger partial charge in [-0.2, -0.15) is 0 Å². The molecule has 3 rings (SSSR count). The molecule has 0 aromatic rings. The molecule has 1 saturated heterocycles. The summed E-state index contributed by atoms with van der Waals surface area (Å²) in [6.45, 7) is 5.57. The van der Waals surface area contributed by atoms with Gasteiger partial charge in [0, 0.05) is 13.1 Å². The fraction of sp³-hybridized carbons (Fsp3) is 0.850. The van der Waals surface area contributed by atoms with Crippen molar-refractivity contribution in [3.63, 3.8) is 0 Å². The third-order valence-electron chi connectivity index (χ3n) is 6.72. The second kappa shape index (κ2) is 7.19. The maximum absolute atomic E-state index is 13.5. The van der Waals surface area contributed by atoms with Crippen LogP contribution >= 0.6 is 0 Å². The second-order valence-corrected chi connectivity index (χ2v) is 7.85. The lowest BCUT2D eigenvalue weighted by atomic mass is 9.55. The van der Waals surface area contributed by atoms with Crippen LogP contribution in [0.5, 0.6) is 0 Å². The number of hydrogen-bond acceptors (Lipinski definition) is 1. The van der Waals surface area contributed by atoms with Crippen molar-refractivity contribution in [1.29, 1.82) is 0 Å². The van der Waals surface area contributed by atoms with Gasteiger partial charge in [0.15, 0.2) is 0 Å². The number of hydrogen-bond donors (Lipinski definition) is 0. The Kier molecular flexibility index (Phi) is 5.25. The molecule has 124 valence electrons. The standard InChI is InChI=1S/C20H33NO/c1-2-15-21-16-9-14-20(19(21)22,17-10-5-3-6-11-17)18-12-7-4-8-13-18/h2,17-18H,1,3-16H2. The Balaban J connectivity index is 1.90. The number of carbonyl (C=O) groups excluding carboxylic acids is 1. The van der Waals surface area contributed by atoms with E-state index in [1.54, 1.807) is 0 Å². The van der Waals surface area contributed by atoms with E-state index in [-0.39, 0.29) is 5.41 Å². The summed E-state index contributed by atoms with van der Waals surface area (Å²) in [4.78, 5) is 15.6. The van der Waals surface area contributed by atoms with E-state index in [9.17, 15) is 4.79 Å². The molecule has 1 heterocycles. The average Bonchev–Trinajstić information content (AvgIpc) is 2.59. The highest BCUT2D eigenvalue weighted by Gasteiger charge is 2.53. The number of rotatable bonds is 4. The Morgan fingerprint density at radius 2 is 1.50 bits per heavy atom. The van der Waals surface area contributed by atoms with Gasteiger partial charge in [-0.05, 0) is 50.4 Å². The van der Waals surface area contributed by atoms with Gasteiger partial charge in [0.25, 0.3) is 0 Å². The van der Waals surface area contributed by atoms with Gasteiger partial charge in [-0.25, -0.2) is 0 Å².